The Balaban J connectivity index is 2.01. The van der Waals surface area contributed by atoms with E-state index in [1.54, 1.807) is 0 Å². The summed E-state index contributed by atoms with van der Waals surface area (Å²) in [4.78, 5) is 15.7. The molecule has 0 bridgehead atoms. The van der Waals surface area contributed by atoms with E-state index in [2.05, 4.69) is 32.7 Å². The largest absolute Gasteiger partial charge is 0.369 e. The maximum atomic E-state index is 10.8. The van der Waals surface area contributed by atoms with Gasteiger partial charge >= 0.3 is 0 Å². The second kappa shape index (κ2) is 6.34. The lowest BCUT2D eigenvalue weighted by Crippen LogP contribution is -2.46. The highest BCUT2D eigenvalue weighted by Crippen LogP contribution is 2.24. The van der Waals surface area contributed by atoms with Crippen molar-refractivity contribution in [3.8, 4) is 0 Å². The van der Waals surface area contributed by atoms with Crippen molar-refractivity contribution < 1.29 is 4.79 Å². The Morgan fingerprint density at radius 2 is 2.00 bits per heavy atom. The average Bonchev–Trinajstić information content (AvgIpc) is 2.40. The third-order valence-corrected chi connectivity index (χ3v) is 4.08. The van der Waals surface area contributed by atoms with Crippen LogP contribution >= 0.6 is 15.9 Å². The fourth-order valence-electron chi connectivity index (χ4n) is 2.35. The van der Waals surface area contributed by atoms with Crippen LogP contribution in [0.25, 0.3) is 0 Å². The number of carbonyl (C=O) groups is 1. The number of hydrogen-bond acceptors (Lipinski definition) is 3. The van der Waals surface area contributed by atoms with Crippen molar-refractivity contribution in [2.45, 2.75) is 13.3 Å². The molecule has 1 aromatic carbocycles. The molecule has 1 saturated heterocycles. The molecule has 0 aliphatic carbocycles. The molecule has 0 radical (unpaired) electrons. The van der Waals surface area contributed by atoms with Gasteiger partial charge in [0.15, 0.2) is 6.29 Å². The molecule has 0 atom stereocenters. The summed E-state index contributed by atoms with van der Waals surface area (Å²) in [6.07, 6.45) is 2.10. The molecule has 3 nitrogen and oxygen atoms in total. The first-order valence-electron chi connectivity index (χ1n) is 6.46. The Morgan fingerprint density at radius 1 is 1.28 bits per heavy atom. The summed E-state index contributed by atoms with van der Waals surface area (Å²) in [5.74, 6) is 0. The van der Waals surface area contributed by atoms with Crippen molar-refractivity contribution in [3.63, 3.8) is 0 Å². The van der Waals surface area contributed by atoms with Gasteiger partial charge < -0.3 is 4.90 Å². The number of rotatable bonds is 4. The van der Waals surface area contributed by atoms with Gasteiger partial charge in [-0.15, -0.1) is 0 Å². The normalized spacial score (nSPS) is 16.9. The van der Waals surface area contributed by atoms with Crippen LogP contribution in [0.3, 0.4) is 0 Å². The van der Waals surface area contributed by atoms with Crippen molar-refractivity contribution in [1.29, 1.82) is 0 Å². The van der Waals surface area contributed by atoms with Gasteiger partial charge in [0.25, 0.3) is 0 Å². The molecular formula is C14H19BrN2O. The molecule has 2 rings (SSSR count). The number of piperazine rings is 1. The summed E-state index contributed by atoms with van der Waals surface area (Å²) < 4.78 is 0.881. The Hall–Kier alpha value is -0.870. The fraction of sp³-hybridized carbons (Fsp3) is 0.500. The maximum absolute atomic E-state index is 10.8. The molecule has 1 fully saturated rings. The Morgan fingerprint density at radius 3 is 2.56 bits per heavy atom. The van der Waals surface area contributed by atoms with Crippen LogP contribution < -0.4 is 4.90 Å². The summed E-state index contributed by atoms with van der Waals surface area (Å²) in [5.41, 5.74) is 1.91. The average molecular weight is 311 g/mol. The van der Waals surface area contributed by atoms with Crippen molar-refractivity contribution in [1.82, 2.24) is 4.90 Å². The summed E-state index contributed by atoms with van der Waals surface area (Å²) in [6, 6.07) is 5.95. The van der Waals surface area contributed by atoms with Crippen LogP contribution in [0.5, 0.6) is 0 Å². The number of anilines is 1. The number of aldehydes is 1. The fourth-order valence-corrected chi connectivity index (χ4v) is 2.81. The topological polar surface area (TPSA) is 23.6 Å². The van der Waals surface area contributed by atoms with Gasteiger partial charge in [0.1, 0.15) is 0 Å². The molecule has 0 N–H and O–H groups in total. The zero-order valence-corrected chi connectivity index (χ0v) is 12.3. The lowest BCUT2D eigenvalue weighted by atomic mass is 10.2. The van der Waals surface area contributed by atoms with E-state index in [1.807, 2.05) is 18.2 Å². The summed E-state index contributed by atoms with van der Waals surface area (Å²) in [5, 5.41) is 0. The number of nitrogens with zero attached hydrogens (tertiary/aromatic N) is 2. The third-order valence-electron chi connectivity index (χ3n) is 3.39. The molecule has 0 spiro atoms. The smallest absolute Gasteiger partial charge is 0.151 e. The summed E-state index contributed by atoms with van der Waals surface area (Å²) >= 11 is 3.44. The minimum absolute atomic E-state index is 0.711. The van der Waals surface area contributed by atoms with E-state index in [0.29, 0.717) is 5.56 Å². The van der Waals surface area contributed by atoms with E-state index >= 15 is 0 Å². The lowest BCUT2D eigenvalue weighted by molar-refractivity contribution is 0.112. The minimum atomic E-state index is 0.711. The summed E-state index contributed by atoms with van der Waals surface area (Å²) in [7, 11) is 0. The second-order valence-electron chi connectivity index (χ2n) is 4.65. The third kappa shape index (κ3) is 3.12. The highest BCUT2D eigenvalue weighted by molar-refractivity contribution is 9.10. The van der Waals surface area contributed by atoms with Crippen LogP contribution in [0, 0.1) is 0 Å². The standard InChI is InChI=1S/C14H19BrN2O/c1-2-5-16-6-8-17(9-7-16)13-4-3-12(11-18)14(15)10-13/h3-4,10-11H,2,5-9H2,1H3. The molecule has 1 aromatic rings. The molecule has 98 valence electrons. The van der Waals surface area contributed by atoms with Crippen LogP contribution in [0.15, 0.2) is 22.7 Å². The first-order valence-corrected chi connectivity index (χ1v) is 7.26. The number of halogens is 1. The van der Waals surface area contributed by atoms with Crippen LogP contribution in [0.1, 0.15) is 23.7 Å². The van der Waals surface area contributed by atoms with Crippen molar-refractivity contribution in [2.75, 3.05) is 37.6 Å². The molecule has 0 amide bonds. The predicted octanol–water partition coefficient (Wildman–Crippen LogP) is 2.79. The summed E-state index contributed by atoms with van der Waals surface area (Å²) in [6.45, 7) is 7.80. The molecule has 0 unspecified atom stereocenters. The van der Waals surface area contributed by atoms with Gasteiger partial charge in [0, 0.05) is 41.9 Å². The predicted molar refractivity (Wildman–Crippen MR) is 78.5 cm³/mol. The van der Waals surface area contributed by atoms with Gasteiger partial charge in [-0.3, -0.25) is 9.69 Å². The van der Waals surface area contributed by atoms with E-state index in [9.17, 15) is 4.79 Å². The van der Waals surface area contributed by atoms with Gasteiger partial charge in [-0.25, -0.2) is 0 Å². The Bertz CT molecular complexity index is 414. The molecule has 1 aliphatic heterocycles. The van der Waals surface area contributed by atoms with Crippen LogP contribution in [-0.4, -0.2) is 43.9 Å². The van der Waals surface area contributed by atoms with Gasteiger partial charge in [-0.1, -0.05) is 6.92 Å². The monoisotopic (exact) mass is 310 g/mol. The minimum Gasteiger partial charge on any atom is -0.369 e. The van der Waals surface area contributed by atoms with Gasteiger partial charge in [0.05, 0.1) is 0 Å². The van der Waals surface area contributed by atoms with Crippen LogP contribution in [-0.2, 0) is 0 Å². The van der Waals surface area contributed by atoms with Crippen molar-refractivity contribution >= 4 is 27.9 Å². The molecule has 0 saturated carbocycles. The first kappa shape index (κ1) is 13.6. The number of benzene rings is 1. The molecule has 1 aliphatic rings. The zero-order chi connectivity index (χ0) is 13.0. The first-order chi connectivity index (χ1) is 8.74. The molecule has 1 heterocycles. The van der Waals surface area contributed by atoms with Crippen molar-refractivity contribution in [3.05, 3.63) is 28.2 Å². The van der Waals surface area contributed by atoms with E-state index in [0.717, 1.165) is 36.9 Å². The number of carbonyl (C=O) groups excluding carboxylic acids is 1. The molecular weight excluding hydrogens is 292 g/mol. The van der Waals surface area contributed by atoms with Gasteiger partial charge in [-0.05, 0) is 47.1 Å². The van der Waals surface area contributed by atoms with Crippen molar-refractivity contribution in [2.24, 2.45) is 0 Å². The Kier molecular flexibility index (Phi) is 4.78. The van der Waals surface area contributed by atoms with E-state index in [4.69, 9.17) is 0 Å². The van der Waals surface area contributed by atoms with E-state index in [-0.39, 0.29) is 0 Å². The highest BCUT2D eigenvalue weighted by Gasteiger charge is 2.16. The molecule has 0 aromatic heterocycles. The van der Waals surface area contributed by atoms with E-state index in [1.165, 1.54) is 18.7 Å². The molecule has 4 heteroatoms. The van der Waals surface area contributed by atoms with Crippen LogP contribution in [0.4, 0.5) is 5.69 Å². The lowest BCUT2D eigenvalue weighted by Gasteiger charge is -2.36. The molecule has 18 heavy (non-hydrogen) atoms. The quantitative estimate of drug-likeness (QED) is 0.799. The van der Waals surface area contributed by atoms with Crippen LogP contribution in [0.2, 0.25) is 0 Å². The Labute approximate surface area is 117 Å². The number of hydrogen-bond donors (Lipinski definition) is 0. The zero-order valence-electron chi connectivity index (χ0n) is 10.7. The highest BCUT2D eigenvalue weighted by atomic mass is 79.9. The second-order valence-corrected chi connectivity index (χ2v) is 5.51. The SMILES string of the molecule is CCCN1CCN(c2ccc(C=O)c(Br)c2)CC1. The maximum Gasteiger partial charge on any atom is 0.151 e. The van der Waals surface area contributed by atoms with Gasteiger partial charge in [0.2, 0.25) is 0 Å². The van der Waals surface area contributed by atoms with E-state index < -0.39 is 0 Å². The van der Waals surface area contributed by atoms with Gasteiger partial charge in [-0.2, -0.15) is 0 Å².